The van der Waals surface area contributed by atoms with Crippen molar-refractivity contribution in [2.24, 2.45) is 0 Å². The van der Waals surface area contributed by atoms with E-state index in [1.54, 1.807) is 18.3 Å². The van der Waals surface area contributed by atoms with Crippen LogP contribution < -0.4 is 5.32 Å². The van der Waals surface area contributed by atoms with E-state index in [0.29, 0.717) is 30.2 Å². The van der Waals surface area contributed by atoms with E-state index in [4.69, 9.17) is 4.42 Å². The Balaban J connectivity index is 1.51. The molecule has 1 heterocycles. The van der Waals surface area contributed by atoms with Crippen LogP contribution in [0.25, 0.3) is 11.3 Å². The number of sulfone groups is 1. The van der Waals surface area contributed by atoms with Crippen LogP contribution in [0.3, 0.4) is 0 Å². The second-order valence-corrected chi connectivity index (χ2v) is 8.20. The maximum Gasteiger partial charge on any atom is 0.224 e. The highest BCUT2D eigenvalue weighted by atomic mass is 32.2. The number of amides is 1. The van der Waals surface area contributed by atoms with Crippen LogP contribution in [0.15, 0.2) is 70.1 Å². The Hall–Kier alpha value is -2.93. The van der Waals surface area contributed by atoms with Gasteiger partial charge in [-0.2, -0.15) is 0 Å². The summed E-state index contributed by atoms with van der Waals surface area (Å²) in [6.07, 6.45) is 4.22. The number of oxazole rings is 1. The predicted octanol–water partition coefficient (Wildman–Crippen LogP) is 3.71. The molecule has 3 rings (SSSR count). The summed E-state index contributed by atoms with van der Waals surface area (Å²) in [5, 5.41) is 2.72. The molecule has 140 valence electrons. The van der Waals surface area contributed by atoms with Gasteiger partial charge < -0.3 is 9.73 Å². The number of carbonyl (C=O) groups is 1. The fourth-order valence-electron chi connectivity index (χ4n) is 2.59. The third kappa shape index (κ3) is 5.27. The van der Waals surface area contributed by atoms with E-state index >= 15 is 0 Å². The van der Waals surface area contributed by atoms with Crippen molar-refractivity contribution in [3.8, 4) is 11.3 Å². The number of aromatic nitrogens is 1. The highest BCUT2D eigenvalue weighted by Gasteiger charge is 2.10. The summed E-state index contributed by atoms with van der Waals surface area (Å²) < 4.78 is 28.9. The van der Waals surface area contributed by atoms with Gasteiger partial charge in [0.05, 0.1) is 11.1 Å². The van der Waals surface area contributed by atoms with E-state index in [9.17, 15) is 13.2 Å². The number of hydrogen-bond donors (Lipinski definition) is 1. The molecule has 1 amide bonds. The van der Waals surface area contributed by atoms with E-state index in [0.717, 1.165) is 11.8 Å². The van der Waals surface area contributed by atoms with Gasteiger partial charge in [0, 0.05) is 30.3 Å². The van der Waals surface area contributed by atoms with Gasteiger partial charge >= 0.3 is 0 Å². The maximum absolute atomic E-state index is 12.1. The average molecular weight is 384 g/mol. The number of aryl methyl sites for hydroxylation is 1. The molecule has 27 heavy (non-hydrogen) atoms. The van der Waals surface area contributed by atoms with Gasteiger partial charge in [-0.25, -0.2) is 13.4 Å². The summed E-state index contributed by atoms with van der Waals surface area (Å²) in [6, 6.07) is 15.9. The normalized spacial score (nSPS) is 11.3. The van der Waals surface area contributed by atoms with Crippen LogP contribution in [0, 0.1) is 0 Å². The molecule has 0 unspecified atom stereocenters. The highest BCUT2D eigenvalue weighted by molar-refractivity contribution is 7.90. The average Bonchev–Trinajstić information content (AvgIpc) is 3.11. The monoisotopic (exact) mass is 384 g/mol. The van der Waals surface area contributed by atoms with Crippen molar-refractivity contribution in [3.05, 3.63) is 66.7 Å². The van der Waals surface area contributed by atoms with Gasteiger partial charge in [0.25, 0.3) is 0 Å². The molecule has 0 saturated heterocycles. The van der Waals surface area contributed by atoms with Gasteiger partial charge in [-0.15, -0.1) is 0 Å². The van der Waals surface area contributed by atoms with Gasteiger partial charge in [0.15, 0.2) is 21.5 Å². The van der Waals surface area contributed by atoms with Gasteiger partial charge in [-0.1, -0.05) is 36.4 Å². The second kappa shape index (κ2) is 8.18. The quantitative estimate of drug-likeness (QED) is 0.671. The fraction of sp³-hybridized carbons (Fsp3) is 0.200. The van der Waals surface area contributed by atoms with Crippen molar-refractivity contribution in [2.75, 3.05) is 11.6 Å². The van der Waals surface area contributed by atoms with Crippen LogP contribution in [0.2, 0.25) is 0 Å². The Bertz CT molecular complexity index is 1030. The zero-order chi connectivity index (χ0) is 19.3. The Labute approximate surface area is 158 Å². The minimum absolute atomic E-state index is 0.175. The number of hydrogen-bond acceptors (Lipinski definition) is 5. The third-order valence-corrected chi connectivity index (χ3v) is 5.06. The summed E-state index contributed by atoms with van der Waals surface area (Å²) in [7, 11) is -3.31. The van der Waals surface area contributed by atoms with E-state index in [-0.39, 0.29) is 17.2 Å². The van der Waals surface area contributed by atoms with Gasteiger partial charge in [0.2, 0.25) is 5.91 Å². The summed E-state index contributed by atoms with van der Waals surface area (Å²) in [5.74, 6) is 1.10. The van der Waals surface area contributed by atoms with Crippen molar-refractivity contribution in [2.45, 2.75) is 24.2 Å². The van der Waals surface area contributed by atoms with Crippen molar-refractivity contribution in [1.29, 1.82) is 0 Å². The molecular weight excluding hydrogens is 364 g/mol. The molecule has 0 aliphatic rings. The first-order valence-electron chi connectivity index (χ1n) is 8.52. The molecule has 7 heteroatoms. The number of carbonyl (C=O) groups excluding carboxylic acids is 1. The van der Waals surface area contributed by atoms with Crippen LogP contribution in [0.4, 0.5) is 5.69 Å². The van der Waals surface area contributed by atoms with Crippen molar-refractivity contribution in [1.82, 2.24) is 4.98 Å². The number of benzene rings is 2. The smallest absolute Gasteiger partial charge is 0.224 e. The Kier molecular flexibility index (Phi) is 5.71. The van der Waals surface area contributed by atoms with Crippen LogP contribution in [-0.4, -0.2) is 25.6 Å². The van der Waals surface area contributed by atoms with E-state index in [1.807, 2.05) is 30.3 Å². The zero-order valence-electron chi connectivity index (χ0n) is 14.9. The van der Waals surface area contributed by atoms with Crippen molar-refractivity contribution in [3.63, 3.8) is 0 Å². The number of rotatable bonds is 7. The lowest BCUT2D eigenvalue weighted by Crippen LogP contribution is -2.12. The van der Waals surface area contributed by atoms with Gasteiger partial charge in [-0.3, -0.25) is 4.79 Å². The van der Waals surface area contributed by atoms with Gasteiger partial charge in [-0.05, 0) is 24.6 Å². The number of nitrogens with zero attached hydrogens (tertiary/aromatic N) is 1. The lowest BCUT2D eigenvalue weighted by atomic mass is 10.2. The molecule has 1 aromatic heterocycles. The standard InChI is InChI=1S/C20H20N2O4S/c1-27(24,25)17-10-5-9-16(13-17)22-19(23)11-6-12-20-21-14-18(26-20)15-7-3-2-4-8-15/h2-5,7-10,13-14H,6,11-12H2,1H3,(H,22,23). The largest absolute Gasteiger partial charge is 0.441 e. The summed E-state index contributed by atoms with van der Waals surface area (Å²) in [5.41, 5.74) is 1.42. The van der Waals surface area contributed by atoms with Crippen molar-refractivity contribution >= 4 is 21.4 Å². The molecule has 3 aromatic rings. The molecule has 0 aliphatic heterocycles. The molecule has 0 radical (unpaired) electrons. The topological polar surface area (TPSA) is 89.3 Å². The predicted molar refractivity (Wildman–Crippen MR) is 103 cm³/mol. The van der Waals surface area contributed by atoms with Crippen LogP contribution in [0.5, 0.6) is 0 Å². The number of anilines is 1. The summed E-state index contributed by atoms with van der Waals surface area (Å²) >= 11 is 0. The van der Waals surface area contributed by atoms with Crippen LogP contribution in [0.1, 0.15) is 18.7 Å². The molecule has 0 spiro atoms. The lowest BCUT2D eigenvalue weighted by Gasteiger charge is -2.06. The molecule has 6 nitrogen and oxygen atoms in total. The Morgan fingerprint density at radius 1 is 1.11 bits per heavy atom. The maximum atomic E-state index is 12.1. The molecule has 0 saturated carbocycles. The van der Waals surface area contributed by atoms with E-state index in [2.05, 4.69) is 10.3 Å². The zero-order valence-corrected chi connectivity index (χ0v) is 15.7. The Morgan fingerprint density at radius 3 is 2.63 bits per heavy atom. The molecule has 0 fully saturated rings. The first-order chi connectivity index (χ1) is 12.9. The molecule has 0 bridgehead atoms. The molecule has 0 atom stereocenters. The molecular formula is C20H20N2O4S. The number of nitrogens with one attached hydrogen (secondary N) is 1. The molecule has 1 N–H and O–H groups in total. The first-order valence-corrected chi connectivity index (χ1v) is 10.4. The van der Waals surface area contributed by atoms with Crippen molar-refractivity contribution < 1.29 is 17.6 Å². The third-order valence-electron chi connectivity index (χ3n) is 3.95. The van der Waals surface area contributed by atoms with Crippen LogP contribution in [-0.2, 0) is 21.1 Å². The van der Waals surface area contributed by atoms with E-state index < -0.39 is 9.84 Å². The lowest BCUT2D eigenvalue weighted by molar-refractivity contribution is -0.116. The molecule has 0 aliphatic carbocycles. The Morgan fingerprint density at radius 2 is 1.89 bits per heavy atom. The highest BCUT2D eigenvalue weighted by Crippen LogP contribution is 2.20. The minimum Gasteiger partial charge on any atom is -0.441 e. The summed E-state index contributed by atoms with van der Waals surface area (Å²) in [6.45, 7) is 0. The SMILES string of the molecule is CS(=O)(=O)c1cccc(NC(=O)CCCc2ncc(-c3ccccc3)o2)c1. The first kappa shape index (κ1) is 18.8. The fourth-order valence-corrected chi connectivity index (χ4v) is 3.26. The van der Waals surface area contributed by atoms with E-state index in [1.165, 1.54) is 12.1 Å². The van der Waals surface area contributed by atoms with Gasteiger partial charge in [0.1, 0.15) is 0 Å². The molecule has 2 aromatic carbocycles. The summed E-state index contributed by atoms with van der Waals surface area (Å²) in [4.78, 5) is 16.5. The van der Waals surface area contributed by atoms with Crippen LogP contribution >= 0.6 is 0 Å². The second-order valence-electron chi connectivity index (χ2n) is 6.19. The minimum atomic E-state index is -3.31.